The number of para-hydroxylation sites is 1. The number of benzene rings is 2. The molecule has 0 unspecified atom stereocenters. The molecule has 0 spiro atoms. The lowest BCUT2D eigenvalue weighted by molar-refractivity contribution is 0.464. The van der Waals surface area contributed by atoms with Gasteiger partial charge in [0.1, 0.15) is 5.75 Å². The minimum absolute atomic E-state index is 0.485. The molecule has 2 aromatic rings. The Morgan fingerprint density at radius 1 is 0.800 bits per heavy atom. The lowest BCUT2D eigenvalue weighted by atomic mass is 10.1. The van der Waals surface area contributed by atoms with Crippen LogP contribution in [0.25, 0.3) is 11.1 Å². The Morgan fingerprint density at radius 3 is 1.95 bits per heavy atom. The maximum absolute atomic E-state index is 10.8. The fraction of sp³-hybridized carbons (Fsp3) is 0.333. The second-order valence-electron chi connectivity index (χ2n) is 4.93. The Kier molecular flexibility index (Phi) is 4.77. The van der Waals surface area contributed by atoms with Gasteiger partial charge in [-0.1, -0.05) is 63.2 Å². The van der Waals surface area contributed by atoms with Gasteiger partial charge in [-0.25, -0.2) is 10.0 Å². The number of aromatic hydroxyl groups is 1. The molecular formula is C18H24OS. The third-order valence-electron chi connectivity index (χ3n) is 4.21. The standard InChI is InChI=1S/C18H24OS/c1-4-20(5-2,6-3)17-14-10-13-16(18(17)19)15-11-8-7-9-12-15/h7-14,19H,4-6H2,1-3H3. The lowest BCUT2D eigenvalue weighted by Gasteiger charge is -2.38. The van der Waals surface area contributed by atoms with Crippen LogP contribution in [-0.4, -0.2) is 22.4 Å². The van der Waals surface area contributed by atoms with Crippen LogP contribution in [0.1, 0.15) is 20.8 Å². The highest BCUT2D eigenvalue weighted by atomic mass is 32.3. The smallest absolute Gasteiger partial charge is 0.135 e. The summed E-state index contributed by atoms with van der Waals surface area (Å²) in [5.74, 6) is 3.88. The van der Waals surface area contributed by atoms with Crippen LogP contribution in [0.2, 0.25) is 0 Å². The summed E-state index contributed by atoms with van der Waals surface area (Å²) >= 11 is 0. The van der Waals surface area contributed by atoms with Crippen LogP contribution < -0.4 is 0 Å². The number of hydrogen-bond donors (Lipinski definition) is 1. The molecule has 0 heterocycles. The zero-order valence-corrected chi connectivity index (χ0v) is 13.4. The highest BCUT2D eigenvalue weighted by Crippen LogP contribution is 2.59. The lowest BCUT2D eigenvalue weighted by Crippen LogP contribution is -2.09. The van der Waals surface area contributed by atoms with Crippen molar-refractivity contribution >= 4 is 10.0 Å². The van der Waals surface area contributed by atoms with Crippen LogP contribution in [0, 0.1) is 0 Å². The maximum atomic E-state index is 10.8. The molecule has 0 bridgehead atoms. The molecule has 1 N–H and O–H groups in total. The summed E-state index contributed by atoms with van der Waals surface area (Å²) in [7, 11) is -0.900. The average molecular weight is 288 g/mol. The SMILES string of the molecule is CCS(CC)(CC)c1cccc(-c2ccccc2)c1O. The van der Waals surface area contributed by atoms with Gasteiger partial charge in [-0.3, -0.25) is 0 Å². The van der Waals surface area contributed by atoms with E-state index in [0.29, 0.717) is 5.75 Å². The summed E-state index contributed by atoms with van der Waals surface area (Å²) < 4.78 is 0. The van der Waals surface area contributed by atoms with Gasteiger partial charge in [0.05, 0.1) is 0 Å². The van der Waals surface area contributed by atoms with Crippen LogP contribution in [0.5, 0.6) is 5.75 Å². The van der Waals surface area contributed by atoms with Gasteiger partial charge in [-0.15, -0.1) is 0 Å². The van der Waals surface area contributed by atoms with Crippen molar-refractivity contribution in [3.05, 3.63) is 48.5 Å². The number of phenols is 1. The molecule has 0 amide bonds. The Bertz CT molecular complexity index is 551. The second kappa shape index (κ2) is 6.36. The fourth-order valence-electron chi connectivity index (χ4n) is 2.80. The molecule has 0 saturated carbocycles. The van der Waals surface area contributed by atoms with E-state index >= 15 is 0 Å². The number of rotatable bonds is 5. The van der Waals surface area contributed by atoms with E-state index in [1.807, 2.05) is 24.3 Å². The number of phenolic OH excluding ortho intramolecular Hbond substituents is 1. The molecule has 0 saturated heterocycles. The van der Waals surface area contributed by atoms with Crippen LogP contribution in [0.4, 0.5) is 0 Å². The predicted octanol–water partition coefficient (Wildman–Crippen LogP) is 5.28. The molecule has 0 aliphatic rings. The van der Waals surface area contributed by atoms with Crippen molar-refractivity contribution in [2.45, 2.75) is 25.7 Å². The summed E-state index contributed by atoms with van der Waals surface area (Å²) in [5.41, 5.74) is 2.04. The molecule has 0 aliphatic heterocycles. The first-order chi connectivity index (χ1) is 9.68. The molecule has 2 aromatic carbocycles. The van der Waals surface area contributed by atoms with Crippen LogP contribution in [0.15, 0.2) is 53.4 Å². The van der Waals surface area contributed by atoms with E-state index in [4.69, 9.17) is 0 Å². The van der Waals surface area contributed by atoms with Crippen LogP contribution in [-0.2, 0) is 0 Å². The Morgan fingerprint density at radius 2 is 1.40 bits per heavy atom. The van der Waals surface area contributed by atoms with Crippen molar-refractivity contribution in [2.75, 3.05) is 17.3 Å². The van der Waals surface area contributed by atoms with E-state index in [-0.39, 0.29) is 0 Å². The molecule has 0 fully saturated rings. The second-order valence-corrected chi connectivity index (χ2v) is 9.19. The van der Waals surface area contributed by atoms with E-state index in [2.05, 4.69) is 45.0 Å². The summed E-state index contributed by atoms with van der Waals surface area (Å²) in [5, 5.41) is 10.8. The van der Waals surface area contributed by atoms with Gasteiger partial charge in [0.15, 0.2) is 0 Å². The van der Waals surface area contributed by atoms with Crippen LogP contribution >= 0.6 is 10.0 Å². The van der Waals surface area contributed by atoms with E-state index < -0.39 is 10.0 Å². The molecule has 20 heavy (non-hydrogen) atoms. The van der Waals surface area contributed by atoms with E-state index in [0.717, 1.165) is 28.4 Å². The minimum Gasteiger partial charge on any atom is -0.506 e. The zero-order chi connectivity index (χ0) is 14.6. The fourth-order valence-corrected chi connectivity index (χ4v) is 5.85. The third kappa shape index (κ3) is 2.57. The maximum Gasteiger partial charge on any atom is 0.135 e. The highest BCUT2D eigenvalue weighted by molar-refractivity contribution is 8.33. The van der Waals surface area contributed by atoms with E-state index in [1.165, 1.54) is 4.90 Å². The molecule has 0 atom stereocenters. The molecule has 1 nitrogen and oxygen atoms in total. The van der Waals surface area contributed by atoms with Gasteiger partial charge < -0.3 is 5.11 Å². The first-order valence-electron chi connectivity index (χ1n) is 7.32. The van der Waals surface area contributed by atoms with Gasteiger partial charge in [0.2, 0.25) is 0 Å². The molecular weight excluding hydrogens is 264 g/mol. The topological polar surface area (TPSA) is 20.2 Å². The molecule has 2 heteroatoms. The monoisotopic (exact) mass is 288 g/mol. The third-order valence-corrected chi connectivity index (χ3v) is 8.79. The van der Waals surface area contributed by atoms with Crippen molar-refractivity contribution in [1.29, 1.82) is 0 Å². The molecule has 108 valence electrons. The van der Waals surface area contributed by atoms with Gasteiger partial charge >= 0.3 is 0 Å². The normalized spacial score (nSPS) is 12.3. The summed E-state index contributed by atoms with van der Waals surface area (Å²) in [4.78, 5) is 1.17. The van der Waals surface area contributed by atoms with E-state index in [1.54, 1.807) is 0 Å². The molecule has 0 aliphatic carbocycles. The van der Waals surface area contributed by atoms with Gasteiger partial charge in [0.25, 0.3) is 0 Å². The largest absolute Gasteiger partial charge is 0.506 e. The van der Waals surface area contributed by atoms with Gasteiger partial charge in [-0.05, 0) is 28.9 Å². The summed E-state index contributed by atoms with van der Waals surface area (Å²) in [6.45, 7) is 6.74. The van der Waals surface area contributed by atoms with Gasteiger partial charge in [-0.2, -0.15) is 0 Å². The summed E-state index contributed by atoms with van der Waals surface area (Å²) in [6.07, 6.45) is 0. The Hall–Kier alpha value is -1.41. The Balaban J connectivity index is 2.58. The van der Waals surface area contributed by atoms with Crippen molar-refractivity contribution < 1.29 is 5.11 Å². The molecule has 2 rings (SSSR count). The highest BCUT2D eigenvalue weighted by Gasteiger charge is 2.24. The molecule has 0 radical (unpaired) electrons. The van der Waals surface area contributed by atoms with Crippen molar-refractivity contribution in [1.82, 2.24) is 0 Å². The quantitative estimate of drug-likeness (QED) is 0.793. The van der Waals surface area contributed by atoms with Gasteiger partial charge in [0, 0.05) is 10.5 Å². The first kappa shape index (κ1) is 15.0. The number of hydrogen-bond acceptors (Lipinski definition) is 1. The van der Waals surface area contributed by atoms with E-state index in [9.17, 15) is 5.11 Å². The molecule has 0 aromatic heterocycles. The van der Waals surface area contributed by atoms with Crippen molar-refractivity contribution in [3.63, 3.8) is 0 Å². The summed E-state index contributed by atoms with van der Waals surface area (Å²) in [6, 6.07) is 16.4. The van der Waals surface area contributed by atoms with Crippen LogP contribution in [0.3, 0.4) is 0 Å². The average Bonchev–Trinajstić information content (AvgIpc) is 2.52. The Labute approximate surface area is 124 Å². The predicted molar refractivity (Wildman–Crippen MR) is 91.0 cm³/mol. The zero-order valence-electron chi connectivity index (χ0n) is 12.6. The minimum atomic E-state index is -0.900. The first-order valence-corrected chi connectivity index (χ1v) is 9.46. The van der Waals surface area contributed by atoms with Crippen molar-refractivity contribution in [3.8, 4) is 16.9 Å². The van der Waals surface area contributed by atoms with Crippen molar-refractivity contribution in [2.24, 2.45) is 0 Å².